The van der Waals surface area contributed by atoms with E-state index in [0.717, 1.165) is 5.56 Å². The number of amides is 2. The molecule has 0 atom stereocenters. The lowest BCUT2D eigenvalue weighted by Crippen LogP contribution is -2.29. The van der Waals surface area contributed by atoms with E-state index in [0.29, 0.717) is 5.02 Å². The predicted octanol–water partition coefficient (Wildman–Crippen LogP) is 3.23. The van der Waals surface area contributed by atoms with Gasteiger partial charge in [-0.15, -0.1) is 0 Å². The van der Waals surface area contributed by atoms with E-state index in [4.69, 9.17) is 11.6 Å². The van der Waals surface area contributed by atoms with Crippen LogP contribution in [-0.4, -0.2) is 32.2 Å². The Kier molecular flexibility index (Phi) is 6.57. The van der Waals surface area contributed by atoms with Crippen molar-refractivity contribution < 1.29 is 23.9 Å². The summed E-state index contributed by atoms with van der Waals surface area (Å²) >= 11 is 5.90. The normalized spacial score (nSPS) is 9.96. The van der Waals surface area contributed by atoms with E-state index < -0.39 is 18.0 Å². The molecule has 26 heavy (non-hydrogen) atoms. The molecule has 0 bridgehead atoms. The van der Waals surface area contributed by atoms with Crippen molar-refractivity contribution in [1.82, 2.24) is 5.32 Å². The van der Waals surface area contributed by atoms with Crippen molar-refractivity contribution in [2.75, 3.05) is 19.5 Å². The van der Waals surface area contributed by atoms with E-state index in [1.54, 1.807) is 18.2 Å². The van der Waals surface area contributed by atoms with Crippen LogP contribution in [0.3, 0.4) is 0 Å². The molecule has 0 aliphatic heterocycles. The summed E-state index contributed by atoms with van der Waals surface area (Å²) in [5.41, 5.74) is 1.23. The van der Waals surface area contributed by atoms with Gasteiger partial charge in [0.15, 0.2) is 0 Å². The highest BCUT2D eigenvalue weighted by Gasteiger charge is 2.17. The molecule has 7 nitrogen and oxygen atoms in total. The zero-order valence-electron chi connectivity index (χ0n) is 14.2. The molecule has 2 aromatic rings. The van der Waals surface area contributed by atoms with Crippen LogP contribution in [0.1, 0.15) is 26.3 Å². The van der Waals surface area contributed by atoms with Crippen LogP contribution in [0.15, 0.2) is 42.5 Å². The minimum absolute atomic E-state index is 0.109. The summed E-state index contributed by atoms with van der Waals surface area (Å²) in [4.78, 5) is 35.7. The van der Waals surface area contributed by atoms with Gasteiger partial charge in [0.05, 0.1) is 31.0 Å². The Hall–Kier alpha value is -3.06. The van der Waals surface area contributed by atoms with Gasteiger partial charge < -0.3 is 20.1 Å². The van der Waals surface area contributed by atoms with Crippen LogP contribution in [0.2, 0.25) is 5.02 Å². The molecule has 8 heteroatoms. The Bertz CT molecular complexity index is 838. The van der Waals surface area contributed by atoms with Crippen molar-refractivity contribution in [2.45, 2.75) is 6.54 Å². The molecule has 0 aliphatic rings. The number of ether oxygens (including phenoxy) is 2. The molecule has 0 radical (unpaired) electrons. The van der Waals surface area contributed by atoms with Gasteiger partial charge in [0, 0.05) is 11.6 Å². The van der Waals surface area contributed by atoms with E-state index in [-0.39, 0.29) is 23.4 Å². The van der Waals surface area contributed by atoms with Gasteiger partial charge in [-0.3, -0.25) is 0 Å². The summed E-state index contributed by atoms with van der Waals surface area (Å²) in [5, 5.41) is 5.74. The molecular weight excluding hydrogens is 360 g/mol. The third-order valence-corrected chi connectivity index (χ3v) is 3.67. The number of urea groups is 1. The van der Waals surface area contributed by atoms with Crippen LogP contribution in [0, 0.1) is 0 Å². The third-order valence-electron chi connectivity index (χ3n) is 3.44. The average Bonchev–Trinajstić information content (AvgIpc) is 2.65. The number of hydrogen-bond acceptors (Lipinski definition) is 5. The summed E-state index contributed by atoms with van der Waals surface area (Å²) in [6, 6.07) is 10.6. The van der Waals surface area contributed by atoms with Crippen molar-refractivity contribution in [3.8, 4) is 0 Å². The molecule has 0 unspecified atom stereocenters. The van der Waals surface area contributed by atoms with E-state index in [1.165, 1.54) is 32.4 Å². The Morgan fingerprint density at radius 3 is 2.38 bits per heavy atom. The predicted molar refractivity (Wildman–Crippen MR) is 96.4 cm³/mol. The van der Waals surface area contributed by atoms with Gasteiger partial charge in [0.25, 0.3) is 0 Å². The van der Waals surface area contributed by atoms with Gasteiger partial charge in [0.2, 0.25) is 0 Å². The second-order valence-electron chi connectivity index (χ2n) is 5.18. The second kappa shape index (κ2) is 8.87. The monoisotopic (exact) mass is 376 g/mol. The molecule has 2 N–H and O–H groups in total. The van der Waals surface area contributed by atoms with Crippen molar-refractivity contribution in [2.24, 2.45) is 0 Å². The molecule has 2 amide bonds. The fourth-order valence-corrected chi connectivity index (χ4v) is 2.39. The summed E-state index contributed by atoms with van der Waals surface area (Å²) in [5.74, 6) is -1.24. The number of rotatable bonds is 5. The molecule has 0 spiro atoms. The Morgan fingerprint density at radius 1 is 1.00 bits per heavy atom. The molecule has 0 fully saturated rings. The number of methoxy groups -OCH3 is 2. The quantitative estimate of drug-likeness (QED) is 0.781. The first kappa shape index (κ1) is 19.3. The van der Waals surface area contributed by atoms with E-state index in [1.807, 2.05) is 6.07 Å². The number of halogens is 1. The standard InChI is InChI=1S/C18H17ClN2O5/c1-25-16(22)12-6-7-14(17(23)26-2)15(9-12)21-18(24)20-10-11-4-3-5-13(19)8-11/h3-9H,10H2,1-2H3,(H2,20,21,24). The Labute approximate surface area is 155 Å². The number of benzene rings is 2. The lowest BCUT2D eigenvalue weighted by molar-refractivity contribution is 0.0587. The van der Waals surface area contributed by atoms with E-state index in [2.05, 4.69) is 20.1 Å². The molecule has 2 aromatic carbocycles. The molecule has 0 aliphatic carbocycles. The van der Waals surface area contributed by atoms with Crippen LogP contribution in [0.5, 0.6) is 0 Å². The van der Waals surface area contributed by atoms with Crippen molar-refractivity contribution in [3.63, 3.8) is 0 Å². The molecule has 136 valence electrons. The first-order valence-electron chi connectivity index (χ1n) is 7.54. The maximum Gasteiger partial charge on any atom is 0.339 e. The number of hydrogen-bond donors (Lipinski definition) is 2. The zero-order chi connectivity index (χ0) is 19.1. The zero-order valence-corrected chi connectivity index (χ0v) is 14.9. The highest BCUT2D eigenvalue weighted by molar-refractivity contribution is 6.30. The minimum atomic E-state index is -0.647. The molecule has 0 heterocycles. The van der Waals surface area contributed by atoms with E-state index in [9.17, 15) is 14.4 Å². The van der Waals surface area contributed by atoms with Gasteiger partial charge in [-0.25, -0.2) is 14.4 Å². The number of nitrogens with one attached hydrogen (secondary N) is 2. The van der Waals surface area contributed by atoms with Crippen LogP contribution in [-0.2, 0) is 16.0 Å². The highest BCUT2D eigenvalue weighted by atomic mass is 35.5. The molecule has 0 saturated heterocycles. The smallest absolute Gasteiger partial charge is 0.339 e. The Balaban J connectivity index is 2.15. The molecular formula is C18H17ClN2O5. The minimum Gasteiger partial charge on any atom is -0.465 e. The Morgan fingerprint density at radius 2 is 1.73 bits per heavy atom. The number of anilines is 1. The van der Waals surface area contributed by atoms with Gasteiger partial charge in [-0.2, -0.15) is 0 Å². The molecule has 0 aromatic heterocycles. The number of carbonyl (C=O) groups is 3. The lowest BCUT2D eigenvalue weighted by atomic mass is 10.1. The van der Waals surface area contributed by atoms with Gasteiger partial charge in [0.1, 0.15) is 0 Å². The maximum absolute atomic E-state index is 12.2. The van der Waals surface area contributed by atoms with E-state index >= 15 is 0 Å². The summed E-state index contributed by atoms with van der Waals surface area (Å²) in [6.45, 7) is 0.233. The summed E-state index contributed by atoms with van der Waals surface area (Å²) < 4.78 is 9.33. The molecule has 0 saturated carbocycles. The van der Waals surface area contributed by atoms with Gasteiger partial charge >= 0.3 is 18.0 Å². The van der Waals surface area contributed by atoms with Gasteiger partial charge in [-0.05, 0) is 35.9 Å². The summed E-state index contributed by atoms with van der Waals surface area (Å²) in [6.07, 6.45) is 0. The van der Waals surface area contributed by atoms with Crippen molar-refractivity contribution >= 4 is 35.3 Å². The summed E-state index contributed by atoms with van der Waals surface area (Å²) in [7, 11) is 2.46. The fraction of sp³-hybridized carbons (Fsp3) is 0.167. The van der Waals surface area contributed by atoms with Gasteiger partial charge in [-0.1, -0.05) is 23.7 Å². The molecule has 2 rings (SSSR count). The first-order valence-corrected chi connectivity index (χ1v) is 7.92. The number of esters is 2. The SMILES string of the molecule is COC(=O)c1ccc(C(=O)OC)c(NC(=O)NCc2cccc(Cl)c2)c1. The lowest BCUT2D eigenvalue weighted by Gasteiger charge is -2.12. The first-order chi connectivity index (χ1) is 12.4. The maximum atomic E-state index is 12.2. The second-order valence-corrected chi connectivity index (χ2v) is 5.62. The fourth-order valence-electron chi connectivity index (χ4n) is 2.18. The average molecular weight is 377 g/mol. The largest absolute Gasteiger partial charge is 0.465 e. The van der Waals surface area contributed by atoms with Crippen LogP contribution in [0.25, 0.3) is 0 Å². The van der Waals surface area contributed by atoms with Crippen LogP contribution < -0.4 is 10.6 Å². The number of carbonyl (C=O) groups excluding carboxylic acids is 3. The topological polar surface area (TPSA) is 93.7 Å². The van der Waals surface area contributed by atoms with Crippen LogP contribution >= 0.6 is 11.6 Å². The highest BCUT2D eigenvalue weighted by Crippen LogP contribution is 2.20. The third kappa shape index (κ3) is 4.97. The van der Waals surface area contributed by atoms with Crippen molar-refractivity contribution in [3.05, 3.63) is 64.2 Å². The van der Waals surface area contributed by atoms with Crippen LogP contribution in [0.4, 0.5) is 10.5 Å². The van der Waals surface area contributed by atoms with Crippen molar-refractivity contribution in [1.29, 1.82) is 0 Å².